The fourth-order valence-electron chi connectivity index (χ4n) is 3.55. The number of nitrogens with one attached hydrogen (secondary N) is 2. The number of halogens is 3. The molecule has 0 saturated carbocycles. The quantitative estimate of drug-likeness (QED) is 0.0552. The number of nitrogens with two attached hydrogens (primary N) is 1. The van der Waals surface area contributed by atoms with Gasteiger partial charge in [0.05, 0.1) is 6.61 Å². The Bertz CT molecular complexity index is 1470. The Morgan fingerprint density at radius 2 is 1.51 bits per heavy atom. The maximum Gasteiger partial charge on any atom is 0.493 e. The summed E-state index contributed by atoms with van der Waals surface area (Å²) < 4.78 is 76.7. The van der Waals surface area contributed by atoms with Gasteiger partial charge in [-0.05, 0) is 42.0 Å². The first-order chi connectivity index (χ1) is 21.4. The number of nitrogens with zero attached hydrogens (tertiary/aromatic N) is 1. The molecule has 4 N–H and O–H groups in total. The van der Waals surface area contributed by atoms with Crippen LogP contribution in [0, 0.1) is 17.8 Å². The van der Waals surface area contributed by atoms with Gasteiger partial charge in [-0.1, -0.05) is 54.5 Å². The summed E-state index contributed by atoms with van der Waals surface area (Å²) in [7, 11) is -4.89. The van der Waals surface area contributed by atoms with Gasteiger partial charge in [0.1, 0.15) is 24.7 Å². The van der Waals surface area contributed by atoms with E-state index in [1.165, 1.54) is 72.8 Å². The van der Waals surface area contributed by atoms with Crippen LogP contribution in [0.3, 0.4) is 0 Å². The summed E-state index contributed by atoms with van der Waals surface area (Å²) in [5.41, 5.74) is 5.99. The number of hydrogen-bond donors (Lipinski definition) is 3. The zero-order valence-electron chi connectivity index (χ0n) is 23.4. The first-order valence-corrected chi connectivity index (χ1v) is 14.6. The average Bonchev–Trinajstić information content (AvgIpc) is 2.99. The van der Waals surface area contributed by atoms with Gasteiger partial charge in [0.25, 0.3) is 0 Å². The van der Waals surface area contributed by atoms with Crippen molar-refractivity contribution >= 4 is 31.3 Å². The predicted octanol–water partition coefficient (Wildman–Crippen LogP) is 5.32. The van der Waals surface area contributed by atoms with Crippen LogP contribution in [0.1, 0.15) is 5.56 Å². The van der Waals surface area contributed by atoms with Gasteiger partial charge in [0.15, 0.2) is 5.96 Å². The van der Waals surface area contributed by atoms with Crippen molar-refractivity contribution in [1.29, 1.82) is 5.41 Å². The molecule has 238 valence electrons. The van der Waals surface area contributed by atoms with E-state index in [2.05, 4.69) is 16.1 Å². The molecule has 0 fully saturated rings. The molecule has 3 rings (SSSR count). The highest BCUT2D eigenvalue weighted by Gasteiger charge is 2.52. The topological polar surface area (TPSA) is 162 Å². The van der Waals surface area contributed by atoms with Gasteiger partial charge in [-0.25, -0.2) is 14.2 Å². The average molecular weight is 649 g/mol. The molecule has 3 aromatic carbocycles. The Morgan fingerprint density at radius 1 is 0.956 bits per heavy atom. The molecule has 0 saturated heterocycles. The second-order valence-electron chi connectivity index (χ2n) is 8.84. The van der Waals surface area contributed by atoms with Gasteiger partial charge in [-0.3, -0.25) is 5.41 Å². The highest BCUT2D eigenvalue weighted by molar-refractivity contribution is 7.55. The number of hydroxylamine groups is 2. The second-order valence-corrected chi connectivity index (χ2v) is 10.9. The molecule has 1 amide bonds. The molecule has 16 heteroatoms. The lowest BCUT2D eigenvalue weighted by Crippen LogP contribution is -2.47. The van der Waals surface area contributed by atoms with Crippen molar-refractivity contribution < 1.29 is 50.7 Å². The fraction of sp³-hybridized carbons (Fsp3) is 0.207. The van der Waals surface area contributed by atoms with Gasteiger partial charge in [0.2, 0.25) is 5.78 Å². The van der Waals surface area contributed by atoms with Crippen molar-refractivity contribution in [2.45, 2.75) is 18.4 Å². The maximum absolute atomic E-state index is 14.8. The largest absolute Gasteiger partial charge is 0.493 e. The monoisotopic (exact) mass is 648 g/mol. The van der Waals surface area contributed by atoms with Crippen LogP contribution in [-0.2, 0) is 30.1 Å². The van der Waals surface area contributed by atoms with E-state index in [-0.39, 0.29) is 41.3 Å². The van der Waals surface area contributed by atoms with Crippen molar-refractivity contribution in [1.82, 2.24) is 5.06 Å². The van der Waals surface area contributed by atoms with Crippen LogP contribution in [0.15, 0.2) is 84.9 Å². The molecule has 1 unspecified atom stereocenters. The van der Waals surface area contributed by atoms with Crippen LogP contribution in [-0.4, -0.2) is 54.9 Å². The van der Waals surface area contributed by atoms with E-state index in [0.717, 1.165) is 0 Å². The first-order valence-electron chi connectivity index (χ1n) is 13.0. The van der Waals surface area contributed by atoms with Crippen LogP contribution in [0.2, 0.25) is 0 Å². The summed E-state index contributed by atoms with van der Waals surface area (Å²) in [4.78, 5) is 29.9. The number of rotatable bonds is 13. The molecule has 0 heterocycles. The fourth-order valence-corrected chi connectivity index (χ4v) is 5.50. The highest BCUT2D eigenvalue weighted by Crippen LogP contribution is 2.55. The summed E-state index contributed by atoms with van der Waals surface area (Å²) in [6, 6.07) is 20.8. The molecular weight excluding hydrogens is 620 g/mol. The lowest BCUT2D eigenvalue weighted by molar-refractivity contribution is -0.234. The predicted molar refractivity (Wildman–Crippen MR) is 156 cm³/mol. The smallest absolute Gasteiger partial charge is 0.445 e. The molecule has 45 heavy (non-hydrogen) atoms. The van der Waals surface area contributed by atoms with E-state index in [9.17, 15) is 27.3 Å². The maximum atomic E-state index is 14.8. The lowest BCUT2D eigenvalue weighted by atomic mass is 10.1. The van der Waals surface area contributed by atoms with E-state index in [0.29, 0.717) is 5.69 Å². The molecule has 0 aliphatic carbocycles. The molecular formula is C29H28F3N4O8P. The standard InChI is InChI=1S/C29H28F3N4O8P/c1-2-17-40-18-19-41-28(38)36(42-26(37)29(30,31)32)25(20-21-13-15-22(16-14-21)35-27(33)34)45(39,43-23-9-5-3-6-10-23)44-24-11-7-4-8-12-24/h1,3-16,25H,17-20H2,(H4,33,34,35). The molecule has 0 aliphatic rings. The number of amides is 1. The minimum atomic E-state index is -5.57. The summed E-state index contributed by atoms with van der Waals surface area (Å²) in [6.45, 7) is -0.931. The number of carbonyl (C=O) groups is 2. The van der Waals surface area contributed by atoms with E-state index in [4.69, 9.17) is 36.1 Å². The number of alkyl halides is 3. The summed E-state index contributed by atoms with van der Waals surface area (Å²) in [5, 5.41) is 9.82. The third-order valence-corrected chi connectivity index (χ3v) is 7.52. The highest BCUT2D eigenvalue weighted by atomic mass is 31.2. The lowest BCUT2D eigenvalue weighted by Gasteiger charge is -2.33. The molecule has 3 aromatic rings. The van der Waals surface area contributed by atoms with Crippen molar-refractivity contribution in [2.75, 3.05) is 25.1 Å². The van der Waals surface area contributed by atoms with Gasteiger partial charge in [0, 0.05) is 12.1 Å². The van der Waals surface area contributed by atoms with Crippen LogP contribution < -0.4 is 20.1 Å². The zero-order valence-corrected chi connectivity index (χ0v) is 24.3. The van der Waals surface area contributed by atoms with Crippen LogP contribution in [0.5, 0.6) is 11.5 Å². The second kappa shape index (κ2) is 16.0. The molecule has 0 bridgehead atoms. The van der Waals surface area contributed by atoms with Gasteiger partial charge >= 0.3 is 25.8 Å². The Labute approximate surface area is 256 Å². The van der Waals surface area contributed by atoms with Crippen LogP contribution in [0.25, 0.3) is 0 Å². The molecule has 12 nitrogen and oxygen atoms in total. The number of terminal acetylenes is 1. The van der Waals surface area contributed by atoms with Crippen LogP contribution in [0.4, 0.5) is 23.7 Å². The number of carbonyl (C=O) groups excluding carboxylic acids is 2. The SMILES string of the molecule is C#CCOCCOC(=O)N(OC(=O)C(F)(F)F)C(Cc1ccc(NC(=N)N)cc1)P(=O)(Oc1ccccc1)Oc1ccccc1. The number of benzene rings is 3. The normalized spacial score (nSPS) is 11.8. The summed E-state index contributed by atoms with van der Waals surface area (Å²) in [5.74, 6) is -3.12. The number of anilines is 1. The van der Waals surface area contributed by atoms with Crippen molar-refractivity contribution in [3.63, 3.8) is 0 Å². The molecule has 0 spiro atoms. The number of guanidine groups is 1. The van der Waals surface area contributed by atoms with Gasteiger partial charge in [-0.2, -0.15) is 13.2 Å². The minimum absolute atomic E-state index is 0.0408. The zero-order chi connectivity index (χ0) is 32.9. The van der Waals surface area contributed by atoms with Crippen molar-refractivity contribution in [3.8, 4) is 23.8 Å². The Kier molecular flexibility index (Phi) is 12.2. The third kappa shape index (κ3) is 10.8. The van der Waals surface area contributed by atoms with E-state index in [1.54, 1.807) is 12.1 Å². The van der Waals surface area contributed by atoms with Gasteiger partial charge in [-0.15, -0.1) is 11.5 Å². The Hall–Kier alpha value is -5.19. The Morgan fingerprint density at radius 3 is 2.00 bits per heavy atom. The minimum Gasteiger partial charge on any atom is -0.445 e. The molecule has 0 aliphatic heterocycles. The Balaban J connectivity index is 2.13. The first kappa shape index (κ1) is 34.3. The summed E-state index contributed by atoms with van der Waals surface area (Å²) in [6.07, 6.45) is -2.65. The van der Waals surface area contributed by atoms with E-state index in [1.807, 2.05) is 0 Å². The summed E-state index contributed by atoms with van der Waals surface area (Å²) >= 11 is 0. The van der Waals surface area contributed by atoms with Crippen molar-refractivity contribution in [3.05, 3.63) is 90.5 Å². The van der Waals surface area contributed by atoms with E-state index < -0.39 is 44.6 Å². The number of hydrogen-bond acceptors (Lipinski definition) is 9. The number of ether oxygens (including phenoxy) is 2. The van der Waals surface area contributed by atoms with E-state index >= 15 is 0 Å². The molecule has 1 atom stereocenters. The van der Waals surface area contributed by atoms with Gasteiger partial charge < -0.3 is 34.4 Å². The third-order valence-electron chi connectivity index (χ3n) is 5.47. The molecule has 0 radical (unpaired) electrons. The molecule has 0 aromatic heterocycles. The van der Waals surface area contributed by atoms with Crippen molar-refractivity contribution in [2.24, 2.45) is 5.73 Å². The van der Waals surface area contributed by atoms with Crippen LogP contribution >= 0.6 is 7.60 Å². The number of para-hydroxylation sites is 2.